The van der Waals surface area contributed by atoms with Gasteiger partial charge in [-0.15, -0.1) is 0 Å². The first-order valence-electron chi connectivity index (χ1n) is 6.82. The van der Waals surface area contributed by atoms with Crippen molar-refractivity contribution in [3.05, 3.63) is 29.6 Å². The SMILES string of the molecule is Nc1c(C2CCCCC2)nc2c(C(F)(F)F)cccn12. The van der Waals surface area contributed by atoms with Crippen LogP contribution in [0.4, 0.5) is 19.0 Å². The summed E-state index contributed by atoms with van der Waals surface area (Å²) in [5.41, 5.74) is 5.83. The smallest absolute Gasteiger partial charge is 0.383 e. The highest BCUT2D eigenvalue weighted by Gasteiger charge is 2.35. The van der Waals surface area contributed by atoms with Crippen LogP contribution in [0.25, 0.3) is 5.65 Å². The van der Waals surface area contributed by atoms with Gasteiger partial charge >= 0.3 is 6.18 Å². The molecule has 0 bridgehead atoms. The Labute approximate surface area is 114 Å². The molecule has 1 fully saturated rings. The van der Waals surface area contributed by atoms with Gasteiger partial charge < -0.3 is 5.73 Å². The van der Waals surface area contributed by atoms with E-state index >= 15 is 0 Å². The summed E-state index contributed by atoms with van der Waals surface area (Å²) in [6.45, 7) is 0. The maximum Gasteiger partial charge on any atom is 0.419 e. The fourth-order valence-corrected chi connectivity index (χ4v) is 3.00. The number of nitrogen functional groups attached to an aromatic ring is 1. The van der Waals surface area contributed by atoms with Crippen molar-refractivity contribution in [3.63, 3.8) is 0 Å². The summed E-state index contributed by atoms with van der Waals surface area (Å²) in [4.78, 5) is 4.22. The minimum atomic E-state index is -4.41. The zero-order valence-corrected chi connectivity index (χ0v) is 11.0. The van der Waals surface area contributed by atoms with Gasteiger partial charge in [-0.25, -0.2) is 4.98 Å². The number of halogens is 3. The van der Waals surface area contributed by atoms with E-state index in [9.17, 15) is 13.2 Å². The van der Waals surface area contributed by atoms with Crippen molar-refractivity contribution in [2.75, 3.05) is 5.73 Å². The lowest BCUT2D eigenvalue weighted by Gasteiger charge is -2.20. The van der Waals surface area contributed by atoms with Crippen LogP contribution in [-0.4, -0.2) is 9.38 Å². The van der Waals surface area contributed by atoms with Crippen LogP contribution < -0.4 is 5.73 Å². The van der Waals surface area contributed by atoms with E-state index < -0.39 is 11.7 Å². The van der Waals surface area contributed by atoms with Gasteiger partial charge in [-0.05, 0) is 25.0 Å². The summed E-state index contributed by atoms with van der Waals surface area (Å²) in [7, 11) is 0. The fraction of sp³-hybridized carbons (Fsp3) is 0.500. The van der Waals surface area contributed by atoms with Crippen LogP contribution in [0.15, 0.2) is 18.3 Å². The Morgan fingerprint density at radius 2 is 1.90 bits per heavy atom. The lowest BCUT2D eigenvalue weighted by Crippen LogP contribution is -2.07. The molecule has 0 radical (unpaired) electrons. The van der Waals surface area contributed by atoms with Crippen LogP contribution in [0.3, 0.4) is 0 Å². The molecule has 2 aromatic heterocycles. The Bertz CT molecular complexity index is 624. The number of hydrogen-bond acceptors (Lipinski definition) is 2. The second-order valence-corrected chi connectivity index (χ2v) is 5.33. The Kier molecular flexibility index (Phi) is 3.11. The van der Waals surface area contributed by atoms with Gasteiger partial charge in [-0.1, -0.05) is 19.3 Å². The van der Waals surface area contributed by atoms with Gasteiger partial charge in [-0.2, -0.15) is 13.2 Å². The van der Waals surface area contributed by atoms with Crippen molar-refractivity contribution in [3.8, 4) is 0 Å². The molecule has 2 aromatic rings. The molecule has 0 atom stereocenters. The molecule has 20 heavy (non-hydrogen) atoms. The number of hydrogen-bond donors (Lipinski definition) is 1. The van der Waals surface area contributed by atoms with Crippen LogP contribution in [0.1, 0.15) is 49.3 Å². The number of nitrogens with zero attached hydrogens (tertiary/aromatic N) is 2. The van der Waals surface area contributed by atoms with Crippen molar-refractivity contribution in [2.24, 2.45) is 0 Å². The predicted molar refractivity (Wildman–Crippen MR) is 70.4 cm³/mol. The third-order valence-electron chi connectivity index (χ3n) is 4.01. The van der Waals surface area contributed by atoms with E-state index in [1.54, 1.807) is 6.20 Å². The number of fused-ring (bicyclic) bond motifs is 1. The summed E-state index contributed by atoms with van der Waals surface area (Å²) in [6.07, 6.45) is 2.39. The third kappa shape index (κ3) is 2.13. The van der Waals surface area contributed by atoms with E-state index in [0.717, 1.165) is 31.7 Å². The predicted octanol–water partition coefficient (Wildman–Crippen LogP) is 3.98. The Hall–Kier alpha value is -1.72. The van der Waals surface area contributed by atoms with Gasteiger partial charge in [-0.3, -0.25) is 4.40 Å². The molecule has 1 aliphatic carbocycles. The lowest BCUT2D eigenvalue weighted by atomic mass is 9.87. The number of alkyl halides is 3. The molecule has 0 unspecified atom stereocenters. The highest BCUT2D eigenvalue weighted by Crippen LogP contribution is 2.38. The molecular weight excluding hydrogens is 267 g/mol. The van der Waals surface area contributed by atoms with Gasteiger partial charge in [0, 0.05) is 12.1 Å². The molecule has 0 amide bonds. The average Bonchev–Trinajstić information content (AvgIpc) is 2.76. The number of aromatic nitrogens is 2. The topological polar surface area (TPSA) is 43.3 Å². The maximum absolute atomic E-state index is 13.0. The van der Waals surface area contributed by atoms with E-state index in [4.69, 9.17) is 5.73 Å². The first-order chi connectivity index (χ1) is 9.48. The molecule has 0 aromatic carbocycles. The normalized spacial score (nSPS) is 17.8. The van der Waals surface area contributed by atoms with Gasteiger partial charge in [0.15, 0.2) is 5.65 Å². The van der Waals surface area contributed by atoms with Gasteiger partial charge in [0.2, 0.25) is 0 Å². The van der Waals surface area contributed by atoms with E-state index in [1.165, 1.54) is 16.9 Å². The average molecular weight is 283 g/mol. The van der Waals surface area contributed by atoms with Crippen molar-refractivity contribution >= 4 is 11.5 Å². The molecule has 1 aliphatic rings. The molecule has 2 N–H and O–H groups in total. The summed E-state index contributed by atoms with van der Waals surface area (Å²) >= 11 is 0. The summed E-state index contributed by atoms with van der Waals surface area (Å²) < 4.78 is 40.4. The van der Waals surface area contributed by atoms with Crippen LogP contribution >= 0.6 is 0 Å². The summed E-state index contributed by atoms with van der Waals surface area (Å²) in [5.74, 6) is 0.530. The zero-order chi connectivity index (χ0) is 14.3. The van der Waals surface area contributed by atoms with Gasteiger partial charge in [0.25, 0.3) is 0 Å². The largest absolute Gasteiger partial charge is 0.419 e. The molecule has 0 saturated heterocycles. The Morgan fingerprint density at radius 3 is 2.55 bits per heavy atom. The van der Waals surface area contributed by atoms with Crippen LogP contribution in [-0.2, 0) is 6.18 Å². The fourth-order valence-electron chi connectivity index (χ4n) is 3.00. The van der Waals surface area contributed by atoms with E-state index in [1.807, 2.05) is 0 Å². The Morgan fingerprint density at radius 1 is 1.20 bits per heavy atom. The zero-order valence-electron chi connectivity index (χ0n) is 11.0. The number of pyridine rings is 1. The lowest BCUT2D eigenvalue weighted by molar-refractivity contribution is -0.136. The molecule has 6 heteroatoms. The van der Waals surface area contributed by atoms with Crippen molar-refractivity contribution in [2.45, 2.75) is 44.2 Å². The standard InChI is InChI=1S/C14H16F3N3/c15-14(16,17)10-7-4-8-20-12(18)11(19-13(10)20)9-5-2-1-3-6-9/h4,7-9H,1-3,5-6,18H2. The third-order valence-corrected chi connectivity index (χ3v) is 4.01. The minimum Gasteiger partial charge on any atom is -0.383 e. The number of imidazole rings is 1. The second-order valence-electron chi connectivity index (χ2n) is 5.33. The second kappa shape index (κ2) is 4.68. The summed E-state index contributed by atoms with van der Waals surface area (Å²) in [6, 6.07) is 2.41. The van der Waals surface area contributed by atoms with E-state index in [-0.39, 0.29) is 11.6 Å². The van der Waals surface area contributed by atoms with E-state index in [0.29, 0.717) is 11.5 Å². The molecule has 3 nitrogen and oxygen atoms in total. The molecule has 108 valence electrons. The van der Waals surface area contributed by atoms with Crippen LogP contribution in [0, 0.1) is 0 Å². The minimum absolute atomic E-state index is 0.0851. The summed E-state index contributed by atoms with van der Waals surface area (Å²) in [5, 5.41) is 0. The van der Waals surface area contributed by atoms with Gasteiger partial charge in [0.1, 0.15) is 5.82 Å². The van der Waals surface area contributed by atoms with Crippen molar-refractivity contribution in [1.29, 1.82) is 0 Å². The molecule has 3 rings (SSSR count). The number of anilines is 1. The molecule has 0 spiro atoms. The molecule has 2 heterocycles. The first kappa shape index (κ1) is 13.3. The maximum atomic E-state index is 13.0. The monoisotopic (exact) mass is 283 g/mol. The molecule has 1 saturated carbocycles. The van der Waals surface area contributed by atoms with Crippen molar-refractivity contribution < 1.29 is 13.2 Å². The quantitative estimate of drug-likeness (QED) is 0.860. The number of rotatable bonds is 1. The highest BCUT2D eigenvalue weighted by molar-refractivity contribution is 5.59. The molecule has 0 aliphatic heterocycles. The van der Waals surface area contributed by atoms with Gasteiger partial charge in [0.05, 0.1) is 11.3 Å². The Balaban J connectivity index is 2.14. The first-order valence-corrected chi connectivity index (χ1v) is 6.82. The van der Waals surface area contributed by atoms with Crippen molar-refractivity contribution in [1.82, 2.24) is 9.38 Å². The van der Waals surface area contributed by atoms with Crippen LogP contribution in [0.2, 0.25) is 0 Å². The van der Waals surface area contributed by atoms with Crippen LogP contribution in [0.5, 0.6) is 0 Å². The number of nitrogens with two attached hydrogens (primary N) is 1. The van der Waals surface area contributed by atoms with E-state index in [2.05, 4.69) is 4.98 Å². The highest BCUT2D eigenvalue weighted by atomic mass is 19.4. The molecular formula is C14H16F3N3.